The molecule has 0 spiro atoms. The number of nitrogens with zero attached hydrogens (tertiary/aromatic N) is 1. The number of benzene rings is 3. The zero-order valence-corrected chi connectivity index (χ0v) is 19.3. The van der Waals surface area contributed by atoms with Gasteiger partial charge in [0.15, 0.2) is 0 Å². The number of rotatable bonds is 5. The number of anilines is 1. The van der Waals surface area contributed by atoms with Crippen LogP contribution in [-0.4, -0.2) is 47.7 Å². The lowest BCUT2D eigenvalue weighted by Crippen LogP contribution is -2.30. The lowest BCUT2D eigenvalue weighted by Gasteiger charge is -2.17. The van der Waals surface area contributed by atoms with Crippen molar-refractivity contribution in [3.63, 3.8) is 0 Å². The minimum absolute atomic E-state index is 0.0413. The van der Waals surface area contributed by atoms with Gasteiger partial charge >= 0.3 is 12.1 Å². The summed E-state index contributed by atoms with van der Waals surface area (Å²) in [5.41, 5.74) is 5.41. The number of ether oxygens (including phenoxy) is 1. The van der Waals surface area contributed by atoms with E-state index in [1.165, 1.54) is 0 Å². The highest BCUT2D eigenvalue weighted by Gasteiger charge is 2.37. The van der Waals surface area contributed by atoms with Crippen molar-refractivity contribution in [3.05, 3.63) is 89.5 Å². The summed E-state index contributed by atoms with van der Waals surface area (Å²) in [4.78, 5) is 38.5. The van der Waals surface area contributed by atoms with Gasteiger partial charge in [0.1, 0.15) is 6.61 Å². The summed E-state index contributed by atoms with van der Waals surface area (Å²) >= 11 is 0. The monoisotopic (exact) mass is 470 g/mol. The van der Waals surface area contributed by atoms with Crippen LogP contribution in [0.2, 0.25) is 0 Å². The quantitative estimate of drug-likeness (QED) is 0.556. The molecule has 7 nitrogen and oxygen atoms in total. The molecule has 2 unspecified atom stereocenters. The van der Waals surface area contributed by atoms with Gasteiger partial charge in [-0.05, 0) is 46.4 Å². The first kappa shape index (κ1) is 22.7. The highest BCUT2D eigenvalue weighted by molar-refractivity contribution is 5.97. The standard InChI is InChI=1S/C28H26N2O5/c1-17-14-30(15-24(17)27(32)33)26(31)18-7-6-8-19(13-18)29-28(34)35-16-25-22-11-4-2-9-20(22)21-10-3-5-12-23(21)25/h2-13,17,24-25H,14-16H2,1H3,(H,29,34)(H,32,33). The number of aliphatic carboxylic acids is 1. The molecular formula is C28H26N2O5. The summed E-state index contributed by atoms with van der Waals surface area (Å²) in [6.45, 7) is 2.60. The first-order valence-corrected chi connectivity index (χ1v) is 11.7. The maximum Gasteiger partial charge on any atom is 0.411 e. The largest absolute Gasteiger partial charge is 0.481 e. The number of carboxylic acids is 1. The van der Waals surface area contributed by atoms with Gasteiger partial charge in [-0.2, -0.15) is 0 Å². The molecule has 35 heavy (non-hydrogen) atoms. The summed E-state index contributed by atoms with van der Waals surface area (Å²) in [6, 6.07) is 22.9. The van der Waals surface area contributed by atoms with Gasteiger partial charge in [-0.1, -0.05) is 61.5 Å². The van der Waals surface area contributed by atoms with Crippen LogP contribution in [0, 0.1) is 11.8 Å². The van der Waals surface area contributed by atoms with E-state index in [0.29, 0.717) is 17.8 Å². The molecule has 1 aliphatic heterocycles. The SMILES string of the molecule is CC1CN(C(=O)c2cccc(NC(=O)OCC3c4ccccc4-c4ccccc43)c2)CC1C(=O)O. The van der Waals surface area contributed by atoms with Gasteiger partial charge in [-0.25, -0.2) is 4.79 Å². The van der Waals surface area contributed by atoms with E-state index in [1.807, 2.05) is 31.2 Å². The Morgan fingerprint density at radius 1 is 0.943 bits per heavy atom. The maximum atomic E-state index is 12.9. The Hall–Kier alpha value is -4.13. The Kier molecular flexibility index (Phi) is 5.99. The molecule has 2 amide bonds. The molecular weight excluding hydrogens is 444 g/mol. The lowest BCUT2D eigenvalue weighted by atomic mass is 9.98. The van der Waals surface area contributed by atoms with Crippen LogP contribution in [0.3, 0.4) is 0 Å². The molecule has 3 aromatic carbocycles. The van der Waals surface area contributed by atoms with Crippen molar-refractivity contribution in [2.75, 3.05) is 25.0 Å². The van der Waals surface area contributed by atoms with Gasteiger partial charge in [-0.15, -0.1) is 0 Å². The summed E-state index contributed by atoms with van der Waals surface area (Å²) in [7, 11) is 0. The van der Waals surface area contributed by atoms with Crippen LogP contribution < -0.4 is 5.32 Å². The van der Waals surface area contributed by atoms with E-state index >= 15 is 0 Å². The molecule has 1 fully saturated rings. The molecule has 0 bridgehead atoms. The van der Waals surface area contributed by atoms with Gasteiger partial charge in [0.25, 0.3) is 5.91 Å². The fourth-order valence-corrected chi connectivity index (χ4v) is 5.12. The average molecular weight is 471 g/mol. The topological polar surface area (TPSA) is 95.9 Å². The lowest BCUT2D eigenvalue weighted by molar-refractivity contribution is -0.142. The van der Waals surface area contributed by atoms with E-state index in [0.717, 1.165) is 22.3 Å². The van der Waals surface area contributed by atoms with Crippen LogP contribution in [-0.2, 0) is 9.53 Å². The van der Waals surface area contributed by atoms with Crippen LogP contribution in [0.1, 0.15) is 34.3 Å². The summed E-state index contributed by atoms with van der Waals surface area (Å²) in [6.07, 6.45) is -0.600. The smallest absolute Gasteiger partial charge is 0.411 e. The van der Waals surface area contributed by atoms with E-state index in [9.17, 15) is 19.5 Å². The number of amides is 2. The Labute approximate surface area is 203 Å². The van der Waals surface area contributed by atoms with Gasteiger partial charge in [0.05, 0.1) is 5.92 Å². The van der Waals surface area contributed by atoms with Crippen molar-refractivity contribution in [2.24, 2.45) is 11.8 Å². The number of nitrogens with one attached hydrogen (secondary N) is 1. The fraction of sp³-hybridized carbons (Fsp3) is 0.250. The van der Waals surface area contributed by atoms with Crippen LogP contribution in [0.15, 0.2) is 72.8 Å². The molecule has 1 heterocycles. The summed E-state index contributed by atoms with van der Waals surface area (Å²) in [5, 5.41) is 12.0. The molecule has 0 radical (unpaired) electrons. The van der Waals surface area contributed by atoms with E-state index in [-0.39, 0.29) is 30.9 Å². The third-order valence-electron chi connectivity index (χ3n) is 6.92. The van der Waals surface area contributed by atoms with Crippen molar-refractivity contribution in [1.82, 2.24) is 4.90 Å². The normalized spacial score (nSPS) is 18.6. The molecule has 3 aromatic rings. The van der Waals surface area contributed by atoms with Crippen LogP contribution in [0.5, 0.6) is 0 Å². The van der Waals surface area contributed by atoms with Gasteiger partial charge in [0, 0.05) is 30.3 Å². The number of likely N-dealkylation sites (tertiary alicyclic amines) is 1. The second kappa shape index (κ2) is 9.25. The second-order valence-corrected chi connectivity index (χ2v) is 9.16. The van der Waals surface area contributed by atoms with Crippen molar-refractivity contribution in [2.45, 2.75) is 12.8 Å². The molecule has 0 aromatic heterocycles. The zero-order chi connectivity index (χ0) is 24.5. The van der Waals surface area contributed by atoms with E-state index in [1.54, 1.807) is 29.2 Å². The van der Waals surface area contributed by atoms with Crippen molar-refractivity contribution in [1.29, 1.82) is 0 Å². The Bertz CT molecular complexity index is 1260. The molecule has 7 heteroatoms. The number of hydrogen-bond donors (Lipinski definition) is 2. The van der Waals surface area contributed by atoms with Gasteiger partial charge in [-0.3, -0.25) is 14.9 Å². The number of hydrogen-bond acceptors (Lipinski definition) is 4. The molecule has 1 saturated heterocycles. The van der Waals surface area contributed by atoms with Crippen LogP contribution in [0.25, 0.3) is 11.1 Å². The molecule has 2 N–H and O–H groups in total. The van der Waals surface area contributed by atoms with Gasteiger partial charge in [0.2, 0.25) is 0 Å². The number of carboxylic acid groups (broad SMARTS) is 1. The Morgan fingerprint density at radius 2 is 1.60 bits per heavy atom. The first-order valence-electron chi connectivity index (χ1n) is 11.7. The highest BCUT2D eigenvalue weighted by atomic mass is 16.5. The third kappa shape index (κ3) is 4.37. The zero-order valence-electron chi connectivity index (χ0n) is 19.3. The predicted molar refractivity (Wildman–Crippen MR) is 131 cm³/mol. The maximum absolute atomic E-state index is 12.9. The Morgan fingerprint density at radius 3 is 2.23 bits per heavy atom. The van der Waals surface area contributed by atoms with E-state index < -0.39 is 18.0 Å². The Balaban J connectivity index is 1.24. The van der Waals surface area contributed by atoms with Crippen LogP contribution >= 0.6 is 0 Å². The summed E-state index contributed by atoms with van der Waals surface area (Å²) < 4.78 is 5.59. The molecule has 0 saturated carbocycles. The average Bonchev–Trinajstić information content (AvgIpc) is 3.41. The van der Waals surface area contributed by atoms with Crippen molar-refractivity contribution >= 4 is 23.7 Å². The molecule has 5 rings (SSSR count). The predicted octanol–water partition coefficient (Wildman–Crippen LogP) is 4.84. The second-order valence-electron chi connectivity index (χ2n) is 9.16. The molecule has 2 atom stereocenters. The fourth-order valence-electron chi connectivity index (χ4n) is 5.12. The molecule has 1 aliphatic carbocycles. The number of carbonyl (C=O) groups is 3. The van der Waals surface area contributed by atoms with Gasteiger partial charge < -0.3 is 14.7 Å². The van der Waals surface area contributed by atoms with E-state index in [2.05, 4.69) is 29.6 Å². The molecule has 178 valence electrons. The van der Waals surface area contributed by atoms with E-state index in [4.69, 9.17) is 4.74 Å². The van der Waals surface area contributed by atoms with Crippen molar-refractivity contribution in [3.8, 4) is 11.1 Å². The number of fused-ring (bicyclic) bond motifs is 3. The highest BCUT2D eigenvalue weighted by Crippen LogP contribution is 2.44. The number of carbonyl (C=O) groups excluding carboxylic acids is 2. The molecule has 2 aliphatic rings. The first-order chi connectivity index (χ1) is 16.9. The van der Waals surface area contributed by atoms with Crippen molar-refractivity contribution < 1.29 is 24.2 Å². The van der Waals surface area contributed by atoms with Crippen LogP contribution in [0.4, 0.5) is 10.5 Å². The minimum Gasteiger partial charge on any atom is -0.481 e. The minimum atomic E-state index is -0.890. The summed E-state index contributed by atoms with van der Waals surface area (Å²) in [5.74, 6) is -1.87. The third-order valence-corrected chi connectivity index (χ3v) is 6.92.